The first-order chi connectivity index (χ1) is 8.60. The zero-order chi connectivity index (χ0) is 13.1. The van der Waals surface area contributed by atoms with E-state index in [0.717, 1.165) is 0 Å². The lowest BCUT2D eigenvalue weighted by Crippen LogP contribution is -2.05. The van der Waals surface area contributed by atoms with Crippen molar-refractivity contribution in [1.29, 1.82) is 0 Å². The number of Topliss-reactive ketones (excluding diaryl/α,β-unsaturated/α-hetero) is 1. The fraction of sp³-hybridized carbons (Fsp3) is 0.231. The van der Waals surface area contributed by atoms with Gasteiger partial charge in [-0.05, 0) is 24.3 Å². The molecule has 0 aliphatic rings. The molecule has 0 fully saturated rings. The number of benzene rings is 1. The van der Waals surface area contributed by atoms with E-state index in [1.54, 1.807) is 24.0 Å². The summed E-state index contributed by atoms with van der Waals surface area (Å²) in [4.78, 5) is 12.0. The van der Waals surface area contributed by atoms with Gasteiger partial charge >= 0.3 is 0 Å². The Morgan fingerprint density at radius 3 is 2.83 bits per heavy atom. The lowest BCUT2D eigenvalue weighted by Gasteiger charge is -2.04. The fourth-order valence-electron chi connectivity index (χ4n) is 1.66. The Balaban J connectivity index is 2.18. The Morgan fingerprint density at radius 2 is 2.22 bits per heavy atom. The van der Waals surface area contributed by atoms with Crippen LogP contribution in [-0.4, -0.2) is 22.7 Å². The van der Waals surface area contributed by atoms with Gasteiger partial charge in [-0.3, -0.25) is 9.48 Å². The van der Waals surface area contributed by atoms with Gasteiger partial charge in [-0.2, -0.15) is 5.10 Å². The molecule has 0 N–H and O–H groups in total. The molecular weight excluding hydrogens is 235 g/mol. The average molecular weight is 248 g/mol. The van der Waals surface area contributed by atoms with E-state index in [-0.39, 0.29) is 18.0 Å². The van der Waals surface area contributed by atoms with Crippen LogP contribution in [0.15, 0.2) is 30.5 Å². The van der Waals surface area contributed by atoms with E-state index >= 15 is 0 Å². The summed E-state index contributed by atoms with van der Waals surface area (Å²) in [6, 6.07) is 5.85. The highest BCUT2D eigenvalue weighted by molar-refractivity contribution is 5.97. The van der Waals surface area contributed by atoms with Crippen LogP contribution >= 0.6 is 0 Å². The molecule has 0 saturated heterocycles. The smallest absolute Gasteiger partial charge is 0.169 e. The highest BCUT2D eigenvalue weighted by atomic mass is 19.1. The minimum Gasteiger partial charge on any atom is -0.494 e. The van der Waals surface area contributed by atoms with Crippen molar-refractivity contribution in [3.05, 3.63) is 47.5 Å². The maximum absolute atomic E-state index is 13.2. The van der Waals surface area contributed by atoms with Gasteiger partial charge in [0.25, 0.3) is 0 Å². The third kappa shape index (κ3) is 2.56. The Kier molecular flexibility index (Phi) is 3.41. The number of hydrogen-bond acceptors (Lipinski definition) is 3. The molecule has 1 heterocycles. The van der Waals surface area contributed by atoms with E-state index in [1.807, 2.05) is 0 Å². The number of aryl methyl sites for hydroxylation is 1. The van der Waals surface area contributed by atoms with E-state index in [1.165, 1.54) is 25.3 Å². The third-order valence-electron chi connectivity index (χ3n) is 2.58. The number of ether oxygens (including phenoxy) is 1. The number of nitrogens with zero attached hydrogens (tertiary/aromatic N) is 2. The van der Waals surface area contributed by atoms with E-state index in [2.05, 4.69) is 5.10 Å². The van der Waals surface area contributed by atoms with Gasteiger partial charge in [-0.15, -0.1) is 0 Å². The van der Waals surface area contributed by atoms with Crippen molar-refractivity contribution in [2.45, 2.75) is 6.42 Å². The molecule has 0 saturated carbocycles. The van der Waals surface area contributed by atoms with Crippen molar-refractivity contribution in [3.63, 3.8) is 0 Å². The Labute approximate surface area is 104 Å². The molecule has 4 nitrogen and oxygen atoms in total. The SMILES string of the molecule is COc1cc(C(=O)Cc2ccn(C)n2)ccc1F. The van der Waals surface area contributed by atoms with Crippen LogP contribution in [0.1, 0.15) is 16.1 Å². The minimum atomic E-state index is -0.480. The molecule has 0 spiro atoms. The van der Waals surface area contributed by atoms with Crippen molar-refractivity contribution < 1.29 is 13.9 Å². The van der Waals surface area contributed by atoms with Crippen LogP contribution in [0.3, 0.4) is 0 Å². The second-order valence-corrected chi connectivity index (χ2v) is 3.93. The topological polar surface area (TPSA) is 44.1 Å². The van der Waals surface area contributed by atoms with Crippen LogP contribution in [0.4, 0.5) is 4.39 Å². The molecule has 0 aliphatic heterocycles. The molecule has 1 aromatic carbocycles. The van der Waals surface area contributed by atoms with Gasteiger partial charge in [0, 0.05) is 18.8 Å². The van der Waals surface area contributed by atoms with Gasteiger partial charge in [0.2, 0.25) is 0 Å². The molecule has 2 aromatic rings. The number of carbonyl (C=O) groups is 1. The first-order valence-corrected chi connectivity index (χ1v) is 5.45. The summed E-state index contributed by atoms with van der Waals surface area (Å²) >= 11 is 0. The monoisotopic (exact) mass is 248 g/mol. The lowest BCUT2D eigenvalue weighted by atomic mass is 10.1. The van der Waals surface area contributed by atoms with Crippen molar-refractivity contribution in [1.82, 2.24) is 9.78 Å². The largest absolute Gasteiger partial charge is 0.494 e. The summed E-state index contributed by atoms with van der Waals surface area (Å²) in [6.45, 7) is 0. The first kappa shape index (κ1) is 12.3. The molecular formula is C13H13FN2O2. The van der Waals surface area contributed by atoms with Crippen LogP contribution in [-0.2, 0) is 13.5 Å². The van der Waals surface area contributed by atoms with Gasteiger partial charge in [0.05, 0.1) is 19.2 Å². The number of halogens is 1. The zero-order valence-corrected chi connectivity index (χ0v) is 10.2. The number of rotatable bonds is 4. The maximum atomic E-state index is 13.2. The summed E-state index contributed by atoms with van der Waals surface area (Å²) in [5.74, 6) is -0.527. The molecule has 0 unspecified atom stereocenters. The van der Waals surface area contributed by atoms with Crippen molar-refractivity contribution in [3.8, 4) is 5.75 Å². The van der Waals surface area contributed by atoms with Crippen LogP contribution in [0.5, 0.6) is 5.75 Å². The summed E-state index contributed by atoms with van der Waals surface area (Å²) in [5, 5.41) is 4.13. The molecule has 2 rings (SSSR count). The Morgan fingerprint density at radius 1 is 1.44 bits per heavy atom. The summed E-state index contributed by atoms with van der Waals surface area (Å²) in [5.41, 5.74) is 1.10. The number of methoxy groups -OCH3 is 1. The van der Waals surface area contributed by atoms with Crippen LogP contribution in [0, 0.1) is 5.82 Å². The molecule has 0 atom stereocenters. The van der Waals surface area contributed by atoms with E-state index in [4.69, 9.17) is 4.74 Å². The first-order valence-electron chi connectivity index (χ1n) is 5.45. The summed E-state index contributed by atoms with van der Waals surface area (Å²) < 4.78 is 19.7. The fourth-order valence-corrected chi connectivity index (χ4v) is 1.66. The normalized spacial score (nSPS) is 10.4. The second kappa shape index (κ2) is 5.00. The molecule has 0 radical (unpaired) electrons. The number of ketones is 1. The summed E-state index contributed by atoms with van der Waals surface area (Å²) in [7, 11) is 3.15. The molecule has 0 bridgehead atoms. The predicted molar refractivity (Wildman–Crippen MR) is 64.2 cm³/mol. The van der Waals surface area contributed by atoms with Crippen LogP contribution in [0.25, 0.3) is 0 Å². The van der Waals surface area contributed by atoms with Crippen LogP contribution < -0.4 is 4.74 Å². The molecule has 94 valence electrons. The van der Waals surface area contributed by atoms with Gasteiger partial charge in [-0.1, -0.05) is 0 Å². The van der Waals surface area contributed by atoms with Crippen molar-refractivity contribution >= 4 is 5.78 Å². The molecule has 0 aliphatic carbocycles. The third-order valence-corrected chi connectivity index (χ3v) is 2.58. The highest BCUT2D eigenvalue weighted by Crippen LogP contribution is 2.19. The average Bonchev–Trinajstić information content (AvgIpc) is 2.75. The Hall–Kier alpha value is -2.17. The van der Waals surface area contributed by atoms with E-state index < -0.39 is 5.82 Å². The standard InChI is InChI=1S/C13H13FN2O2/c1-16-6-5-10(15-16)8-12(17)9-3-4-11(14)13(7-9)18-2/h3-7H,8H2,1-2H3. The number of aromatic nitrogens is 2. The van der Waals surface area contributed by atoms with Gasteiger partial charge in [0.1, 0.15) is 0 Å². The van der Waals surface area contributed by atoms with E-state index in [9.17, 15) is 9.18 Å². The quantitative estimate of drug-likeness (QED) is 0.777. The van der Waals surface area contributed by atoms with Gasteiger partial charge in [-0.25, -0.2) is 4.39 Å². The molecule has 18 heavy (non-hydrogen) atoms. The molecule has 0 amide bonds. The summed E-state index contributed by atoms with van der Waals surface area (Å²) in [6.07, 6.45) is 1.96. The number of hydrogen-bond donors (Lipinski definition) is 0. The highest BCUT2D eigenvalue weighted by Gasteiger charge is 2.12. The van der Waals surface area contributed by atoms with E-state index in [0.29, 0.717) is 11.3 Å². The minimum absolute atomic E-state index is 0.0712. The van der Waals surface area contributed by atoms with Crippen LogP contribution in [0.2, 0.25) is 0 Å². The van der Waals surface area contributed by atoms with Gasteiger partial charge in [0.15, 0.2) is 17.3 Å². The van der Waals surface area contributed by atoms with Gasteiger partial charge < -0.3 is 4.74 Å². The predicted octanol–water partition coefficient (Wildman–Crippen LogP) is 1.99. The van der Waals surface area contributed by atoms with Crippen molar-refractivity contribution in [2.75, 3.05) is 7.11 Å². The lowest BCUT2D eigenvalue weighted by molar-refractivity contribution is 0.0991. The number of carbonyl (C=O) groups excluding carboxylic acids is 1. The van der Waals surface area contributed by atoms with Crippen molar-refractivity contribution in [2.24, 2.45) is 7.05 Å². The second-order valence-electron chi connectivity index (χ2n) is 3.93. The molecule has 1 aromatic heterocycles. The zero-order valence-electron chi connectivity index (χ0n) is 10.2. The maximum Gasteiger partial charge on any atom is 0.169 e. The molecule has 5 heteroatoms. The Bertz CT molecular complexity index is 578.